The molecule has 0 aliphatic heterocycles. The van der Waals surface area contributed by atoms with Crippen LogP contribution in [-0.4, -0.2) is 7.11 Å². The monoisotopic (exact) mass is 262 g/mol. The lowest BCUT2D eigenvalue weighted by Gasteiger charge is -2.23. The van der Waals surface area contributed by atoms with Crippen molar-refractivity contribution in [3.63, 3.8) is 0 Å². The van der Waals surface area contributed by atoms with Gasteiger partial charge in [0.2, 0.25) is 0 Å². The topological polar surface area (TPSA) is 47.3 Å². The number of benzene rings is 1. The highest BCUT2D eigenvalue weighted by atomic mass is 16.5. The largest absolute Gasteiger partial charge is 0.496 e. The molecule has 19 heavy (non-hydrogen) atoms. The normalized spacial score (nSPS) is 17.7. The molecule has 1 atom stereocenters. The van der Waals surface area contributed by atoms with Crippen LogP contribution in [0.2, 0.25) is 0 Å². The Morgan fingerprint density at radius 3 is 2.58 bits per heavy atom. The van der Waals surface area contributed by atoms with Gasteiger partial charge in [0.15, 0.2) is 0 Å². The van der Waals surface area contributed by atoms with E-state index < -0.39 is 0 Å². The molecule has 1 aromatic carbocycles. The minimum absolute atomic E-state index is 0.192. The third kappa shape index (κ3) is 3.10. The van der Waals surface area contributed by atoms with Gasteiger partial charge in [-0.2, -0.15) is 0 Å². The van der Waals surface area contributed by atoms with Crippen molar-refractivity contribution in [3.05, 3.63) is 28.8 Å². The van der Waals surface area contributed by atoms with Gasteiger partial charge in [-0.3, -0.25) is 11.3 Å². The molecule has 1 aliphatic rings. The first-order valence-electron chi connectivity index (χ1n) is 7.27. The summed E-state index contributed by atoms with van der Waals surface area (Å²) in [7, 11) is 1.74. The van der Waals surface area contributed by atoms with E-state index in [-0.39, 0.29) is 6.04 Å². The summed E-state index contributed by atoms with van der Waals surface area (Å²) in [6, 6.07) is 4.50. The van der Waals surface area contributed by atoms with Gasteiger partial charge >= 0.3 is 0 Å². The molecular weight excluding hydrogens is 236 g/mol. The maximum absolute atomic E-state index is 5.79. The Bertz CT molecular complexity index is 425. The maximum atomic E-state index is 5.79. The van der Waals surface area contributed by atoms with Crippen LogP contribution < -0.4 is 16.0 Å². The van der Waals surface area contributed by atoms with Crippen LogP contribution in [0.1, 0.15) is 54.8 Å². The third-order valence-corrected chi connectivity index (χ3v) is 4.53. The van der Waals surface area contributed by atoms with E-state index >= 15 is 0 Å². The molecule has 0 radical (unpaired) electrons. The van der Waals surface area contributed by atoms with Crippen LogP contribution in [0.25, 0.3) is 0 Å². The number of methoxy groups -OCH3 is 1. The first kappa shape index (κ1) is 14.4. The lowest BCUT2D eigenvalue weighted by atomic mass is 9.91. The second kappa shape index (κ2) is 6.40. The van der Waals surface area contributed by atoms with E-state index in [1.807, 2.05) is 0 Å². The van der Waals surface area contributed by atoms with E-state index in [0.717, 1.165) is 18.1 Å². The summed E-state index contributed by atoms with van der Waals surface area (Å²) in [4.78, 5) is 0. The Labute approximate surface area is 116 Å². The van der Waals surface area contributed by atoms with Gasteiger partial charge in [-0.25, -0.2) is 0 Å². The predicted octanol–water partition coefficient (Wildman–Crippen LogP) is 3.40. The summed E-state index contributed by atoms with van der Waals surface area (Å²) in [6.45, 7) is 4.23. The van der Waals surface area contributed by atoms with Crippen LogP contribution in [0.5, 0.6) is 5.75 Å². The van der Waals surface area contributed by atoms with Crippen molar-refractivity contribution in [1.82, 2.24) is 5.43 Å². The molecule has 3 nitrogen and oxygen atoms in total. The van der Waals surface area contributed by atoms with Crippen LogP contribution in [0.4, 0.5) is 0 Å². The standard InChI is InChI=1S/C16H26N2O/c1-11-8-9-14(16(19-3)12(11)2)15(18-17)10-13-6-4-5-7-13/h8-9,13,15,18H,4-7,10,17H2,1-3H3. The number of hydrazine groups is 1. The smallest absolute Gasteiger partial charge is 0.126 e. The lowest BCUT2D eigenvalue weighted by Crippen LogP contribution is -2.30. The van der Waals surface area contributed by atoms with E-state index in [2.05, 4.69) is 31.4 Å². The van der Waals surface area contributed by atoms with Crippen LogP contribution in [-0.2, 0) is 0 Å². The van der Waals surface area contributed by atoms with Gasteiger partial charge in [-0.1, -0.05) is 37.8 Å². The average molecular weight is 262 g/mol. The number of nitrogens with two attached hydrogens (primary N) is 1. The molecule has 1 fully saturated rings. The molecule has 3 heteroatoms. The minimum atomic E-state index is 0.192. The van der Waals surface area contributed by atoms with Gasteiger partial charge in [-0.15, -0.1) is 0 Å². The molecule has 0 bridgehead atoms. The number of rotatable bonds is 5. The predicted molar refractivity (Wildman–Crippen MR) is 79.1 cm³/mol. The zero-order chi connectivity index (χ0) is 13.8. The van der Waals surface area contributed by atoms with E-state index in [1.165, 1.54) is 42.4 Å². The Morgan fingerprint density at radius 1 is 1.32 bits per heavy atom. The first-order valence-corrected chi connectivity index (χ1v) is 7.27. The summed E-state index contributed by atoms with van der Waals surface area (Å²) in [5.74, 6) is 7.57. The first-order chi connectivity index (χ1) is 9.17. The Balaban J connectivity index is 2.24. The number of hydrogen-bond acceptors (Lipinski definition) is 3. The van der Waals surface area contributed by atoms with Gasteiger partial charge in [0, 0.05) is 11.6 Å². The number of aryl methyl sites for hydroxylation is 1. The molecule has 1 aliphatic carbocycles. The summed E-state index contributed by atoms with van der Waals surface area (Å²) in [5.41, 5.74) is 6.66. The van der Waals surface area contributed by atoms with Crippen LogP contribution in [0, 0.1) is 19.8 Å². The van der Waals surface area contributed by atoms with Gasteiger partial charge in [0.25, 0.3) is 0 Å². The van der Waals surface area contributed by atoms with Crippen LogP contribution >= 0.6 is 0 Å². The fourth-order valence-corrected chi connectivity index (χ4v) is 3.22. The molecule has 3 N–H and O–H groups in total. The van der Waals surface area contributed by atoms with Crippen molar-refractivity contribution in [2.45, 2.75) is 52.0 Å². The van der Waals surface area contributed by atoms with Gasteiger partial charge in [0.1, 0.15) is 5.75 Å². The number of nitrogens with one attached hydrogen (secondary N) is 1. The van der Waals surface area contributed by atoms with Crippen LogP contribution in [0.3, 0.4) is 0 Å². The Kier molecular flexibility index (Phi) is 4.83. The van der Waals surface area contributed by atoms with Crippen molar-refractivity contribution in [1.29, 1.82) is 0 Å². The van der Waals surface area contributed by atoms with Crippen molar-refractivity contribution in [2.75, 3.05) is 7.11 Å². The lowest BCUT2D eigenvalue weighted by molar-refractivity contribution is 0.368. The quantitative estimate of drug-likeness (QED) is 0.631. The molecule has 0 amide bonds. The maximum Gasteiger partial charge on any atom is 0.126 e. The summed E-state index contributed by atoms with van der Waals surface area (Å²) in [6.07, 6.45) is 6.52. The second-order valence-corrected chi connectivity index (χ2v) is 5.74. The fraction of sp³-hybridized carbons (Fsp3) is 0.625. The van der Waals surface area contributed by atoms with E-state index in [4.69, 9.17) is 10.6 Å². The second-order valence-electron chi connectivity index (χ2n) is 5.74. The van der Waals surface area contributed by atoms with Crippen LogP contribution in [0.15, 0.2) is 12.1 Å². The van der Waals surface area contributed by atoms with Gasteiger partial charge < -0.3 is 4.74 Å². The highest BCUT2D eigenvalue weighted by molar-refractivity contribution is 5.46. The van der Waals surface area contributed by atoms with Crippen molar-refractivity contribution < 1.29 is 4.74 Å². The molecule has 0 spiro atoms. The Morgan fingerprint density at radius 2 is 2.00 bits per heavy atom. The van der Waals surface area contributed by atoms with E-state index in [1.54, 1.807) is 7.11 Å². The van der Waals surface area contributed by atoms with Crippen molar-refractivity contribution >= 4 is 0 Å². The summed E-state index contributed by atoms with van der Waals surface area (Å²) >= 11 is 0. The fourth-order valence-electron chi connectivity index (χ4n) is 3.22. The Hall–Kier alpha value is -1.06. The zero-order valence-electron chi connectivity index (χ0n) is 12.3. The van der Waals surface area contributed by atoms with Gasteiger partial charge in [-0.05, 0) is 37.3 Å². The zero-order valence-corrected chi connectivity index (χ0v) is 12.3. The molecule has 0 heterocycles. The number of hydrogen-bond donors (Lipinski definition) is 2. The summed E-state index contributed by atoms with van der Waals surface area (Å²) in [5, 5.41) is 0. The minimum Gasteiger partial charge on any atom is -0.496 e. The van der Waals surface area contributed by atoms with Gasteiger partial charge in [0.05, 0.1) is 7.11 Å². The van der Waals surface area contributed by atoms with Crippen molar-refractivity contribution in [3.8, 4) is 5.75 Å². The van der Waals surface area contributed by atoms with E-state index in [9.17, 15) is 0 Å². The summed E-state index contributed by atoms with van der Waals surface area (Å²) < 4.78 is 5.61. The average Bonchev–Trinajstić information content (AvgIpc) is 2.92. The molecule has 1 saturated carbocycles. The molecule has 2 rings (SSSR count). The third-order valence-electron chi connectivity index (χ3n) is 4.53. The highest BCUT2D eigenvalue weighted by Crippen LogP contribution is 2.37. The molecule has 1 unspecified atom stereocenters. The highest BCUT2D eigenvalue weighted by Gasteiger charge is 2.23. The van der Waals surface area contributed by atoms with E-state index in [0.29, 0.717) is 0 Å². The molecule has 106 valence electrons. The molecule has 0 aromatic heterocycles. The molecule has 1 aromatic rings. The SMILES string of the molecule is COc1c(C(CC2CCCC2)NN)ccc(C)c1C. The molecular formula is C16H26N2O. The van der Waals surface area contributed by atoms with Crippen molar-refractivity contribution in [2.24, 2.45) is 11.8 Å². The number of ether oxygens (including phenoxy) is 1. The molecule has 0 saturated heterocycles.